The predicted octanol–water partition coefficient (Wildman–Crippen LogP) is 3.13. The third kappa shape index (κ3) is 3.42. The molecule has 1 aliphatic carbocycles. The topological polar surface area (TPSA) is 80.9 Å². The molecule has 1 saturated carbocycles. The van der Waals surface area contributed by atoms with Gasteiger partial charge in [0.2, 0.25) is 0 Å². The number of aliphatic hydroxyl groups excluding tert-OH is 1. The zero-order valence-corrected chi connectivity index (χ0v) is 15.6. The molecule has 0 spiro atoms. The molecule has 7 nitrogen and oxygen atoms in total. The van der Waals surface area contributed by atoms with Crippen LogP contribution < -0.4 is 14.8 Å². The monoisotopic (exact) mass is 368 g/mol. The molecule has 0 amide bonds. The summed E-state index contributed by atoms with van der Waals surface area (Å²) < 4.78 is 12.5. The van der Waals surface area contributed by atoms with Crippen LogP contribution in [0, 0.1) is 0 Å². The van der Waals surface area contributed by atoms with Crippen molar-refractivity contribution in [3.8, 4) is 22.6 Å². The molecule has 27 heavy (non-hydrogen) atoms. The molecule has 142 valence electrons. The Morgan fingerprint density at radius 3 is 2.70 bits per heavy atom. The number of fused-ring (bicyclic) bond motifs is 1. The van der Waals surface area contributed by atoms with Crippen molar-refractivity contribution in [2.24, 2.45) is 0 Å². The molecule has 2 atom stereocenters. The van der Waals surface area contributed by atoms with Gasteiger partial charge < -0.3 is 19.9 Å². The summed E-state index contributed by atoms with van der Waals surface area (Å²) in [6, 6.07) is 7.69. The smallest absolute Gasteiger partial charge is 0.165 e. The van der Waals surface area contributed by atoms with E-state index in [0.29, 0.717) is 11.5 Å². The minimum Gasteiger partial charge on any atom is -0.493 e. The number of aromatic nitrogens is 3. The van der Waals surface area contributed by atoms with E-state index in [1.807, 2.05) is 30.5 Å². The Morgan fingerprint density at radius 2 is 1.93 bits per heavy atom. The lowest BCUT2D eigenvalue weighted by atomic mass is 9.93. The first-order chi connectivity index (χ1) is 13.2. The number of methoxy groups -OCH3 is 2. The lowest BCUT2D eigenvalue weighted by Crippen LogP contribution is -2.36. The second-order valence-electron chi connectivity index (χ2n) is 6.81. The van der Waals surface area contributed by atoms with Gasteiger partial charge in [-0.3, -0.25) is 0 Å². The van der Waals surface area contributed by atoms with Crippen molar-refractivity contribution in [3.63, 3.8) is 0 Å². The van der Waals surface area contributed by atoms with Crippen LogP contribution in [0.4, 0.5) is 5.82 Å². The van der Waals surface area contributed by atoms with Crippen molar-refractivity contribution < 1.29 is 14.6 Å². The van der Waals surface area contributed by atoms with Gasteiger partial charge in [-0.05, 0) is 36.6 Å². The largest absolute Gasteiger partial charge is 0.493 e. The number of anilines is 1. The number of nitrogens with zero attached hydrogens (tertiary/aromatic N) is 3. The Bertz CT molecular complexity index is 940. The molecule has 2 N–H and O–H groups in total. The van der Waals surface area contributed by atoms with Crippen LogP contribution in [0.1, 0.15) is 25.7 Å². The highest BCUT2D eigenvalue weighted by atomic mass is 16.5. The summed E-state index contributed by atoms with van der Waals surface area (Å²) in [5.41, 5.74) is 2.60. The van der Waals surface area contributed by atoms with Crippen LogP contribution in [0.3, 0.4) is 0 Å². The van der Waals surface area contributed by atoms with Gasteiger partial charge in [0.05, 0.1) is 32.6 Å². The van der Waals surface area contributed by atoms with E-state index in [-0.39, 0.29) is 12.1 Å². The molecule has 0 aliphatic heterocycles. The highest BCUT2D eigenvalue weighted by Crippen LogP contribution is 2.33. The fourth-order valence-electron chi connectivity index (χ4n) is 3.63. The standard InChI is InChI=1S/C20H24N4O3/c1-26-17-8-7-13(11-18(17)27-2)14-12-21-24-10-9-19(23-20(14)24)22-15-5-3-4-6-16(15)25/h7-12,15-16,25H,3-6H2,1-2H3,(H,22,23)/t15-,16+/m1/s1. The Labute approximate surface area is 157 Å². The third-order valence-electron chi connectivity index (χ3n) is 5.13. The summed E-state index contributed by atoms with van der Waals surface area (Å²) in [6.45, 7) is 0. The first-order valence-electron chi connectivity index (χ1n) is 9.21. The number of nitrogens with one attached hydrogen (secondary N) is 1. The van der Waals surface area contributed by atoms with Gasteiger partial charge in [0, 0.05) is 11.8 Å². The summed E-state index contributed by atoms with van der Waals surface area (Å²) in [5, 5.41) is 18.0. The molecule has 0 radical (unpaired) electrons. The van der Waals surface area contributed by atoms with Gasteiger partial charge >= 0.3 is 0 Å². The minimum atomic E-state index is -0.327. The predicted molar refractivity (Wildman–Crippen MR) is 103 cm³/mol. The molecule has 2 heterocycles. The van der Waals surface area contributed by atoms with Crippen LogP contribution in [0.2, 0.25) is 0 Å². The zero-order chi connectivity index (χ0) is 18.8. The molecule has 7 heteroatoms. The van der Waals surface area contributed by atoms with Crippen LogP contribution in [0.5, 0.6) is 11.5 Å². The summed E-state index contributed by atoms with van der Waals surface area (Å²) in [4.78, 5) is 4.74. The average molecular weight is 368 g/mol. The first-order valence-corrected chi connectivity index (χ1v) is 9.21. The molecule has 0 saturated heterocycles. The van der Waals surface area contributed by atoms with E-state index in [1.54, 1.807) is 24.9 Å². The molecule has 2 aromatic heterocycles. The van der Waals surface area contributed by atoms with Crippen molar-refractivity contribution in [1.29, 1.82) is 0 Å². The molecule has 0 unspecified atom stereocenters. The summed E-state index contributed by atoms with van der Waals surface area (Å²) >= 11 is 0. The Balaban J connectivity index is 1.68. The fourth-order valence-corrected chi connectivity index (χ4v) is 3.63. The number of hydrogen-bond acceptors (Lipinski definition) is 6. The van der Waals surface area contributed by atoms with Crippen molar-refractivity contribution in [2.75, 3.05) is 19.5 Å². The molecule has 1 aliphatic rings. The maximum absolute atomic E-state index is 10.2. The average Bonchev–Trinajstić information content (AvgIpc) is 3.12. The lowest BCUT2D eigenvalue weighted by Gasteiger charge is -2.28. The molecule has 4 rings (SSSR count). The van der Waals surface area contributed by atoms with Crippen molar-refractivity contribution in [2.45, 2.75) is 37.8 Å². The summed E-state index contributed by atoms with van der Waals surface area (Å²) in [6.07, 6.45) is 7.34. The third-order valence-corrected chi connectivity index (χ3v) is 5.13. The van der Waals surface area contributed by atoms with Gasteiger partial charge in [0.15, 0.2) is 17.1 Å². The molecule has 1 fully saturated rings. The van der Waals surface area contributed by atoms with Crippen molar-refractivity contribution >= 4 is 11.5 Å². The first kappa shape index (κ1) is 17.6. The van der Waals surface area contributed by atoms with Gasteiger partial charge in [0.25, 0.3) is 0 Å². The number of ether oxygens (including phenoxy) is 2. The minimum absolute atomic E-state index is 0.0427. The fraction of sp³-hybridized carbons (Fsp3) is 0.400. The van der Waals surface area contributed by atoms with Crippen LogP contribution in [-0.4, -0.2) is 46.1 Å². The van der Waals surface area contributed by atoms with Crippen molar-refractivity contribution in [3.05, 3.63) is 36.7 Å². The quantitative estimate of drug-likeness (QED) is 0.720. The van der Waals surface area contributed by atoms with E-state index in [4.69, 9.17) is 14.5 Å². The molecule has 0 bridgehead atoms. The van der Waals surface area contributed by atoms with E-state index < -0.39 is 0 Å². The highest BCUT2D eigenvalue weighted by molar-refractivity contribution is 5.79. The Morgan fingerprint density at radius 1 is 1.11 bits per heavy atom. The van der Waals surface area contributed by atoms with Crippen LogP contribution in [-0.2, 0) is 0 Å². The zero-order valence-electron chi connectivity index (χ0n) is 15.6. The Kier molecular flexibility index (Phi) is 4.85. The van der Waals surface area contributed by atoms with Gasteiger partial charge in [-0.2, -0.15) is 5.10 Å². The normalized spacial score (nSPS) is 19.8. The number of rotatable bonds is 5. The van der Waals surface area contributed by atoms with E-state index in [1.165, 1.54) is 0 Å². The number of aliphatic hydroxyl groups is 1. The van der Waals surface area contributed by atoms with Gasteiger partial charge in [-0.25, -0.2) is 9.50 Å². The van der Waals surface area contributed by atoms with E-state index >= 15 is 0 Å². The maximum atomic E-state index is 10.2. The van der Waals surface area contributed by atoms with Crippen LogP contribution >= 0.6 is 0 Å². The second-order valence-corrected chi connectivity index (χ2v) is 6.81. The second kappa shape index (κ2) is 7.44. The van der Waals surface area contributed by atoms with Gasteiger partial charge in [-0.15, -0.1) is 0 Å². The Hall–Kier alpha value is -2.80. The van der Waals surface area contributed by atoms with Gasteiger partial charge in [0.1, 0.15) is 5.82 Å². The highest BCUT2D eigenvalue weighted by Gasteiger charge is 2.23. The SMILES string of the molecule is COc1ccc(-c2cnn3ccc(N[C@@H]4CCCC[C@@H]4O)nc23)cc1OC. The number of benzene rings is 1. The van der Waals surface area contributed by atoms with Crippen LogP contribution in [0.15, 0.2) is 36.7 Å². The molecular formula is C20H24N4O3. The molecule has 3 aromatic rings. The lowest BCUT2D eigenvalue weighted by molar-refractivity contribution is 0.116. The van der Waals surface area contributed by atoms with E-state index in [2.05, 4.69) is 10.4 Å². The summed E-state index contributed by atoms with van der Waals surface area (Å²) in [5.74, 6) is 2.09. The van der Waals surface area contributed by atoms with Crippen LogP contribution in [0.25, 0.3) is 16.8 Å². The molecular weight excluding hydrogens is 344 g/mol. The summed E-state index contributed by atoms with van der Waals surface area (Å²) in [7, 11) is 3.24. The maximum Gasteiger partial charge on any atom is 0.165 e. The van der Waals surface area contributed by atoms with Gasteiger partial charge in [-0.1, -0.05) is 18.9 Å². The van der Waals surface area contributed by atoms with E-state index in [9.17, 15) is 5.11 Å². The van der Waals surface area contributed by atoms with Crippen molar-refractivity contribution in [1.82, 2.24) is 14.6 Å². The number of hydrogen-bond donors (Lipinski definition) is 2. The molecule has 1 aromatic carbocycles. The van der Waals surface area contributed by atoms with E-state index in [0.717, 1.165) is 48.3 Å².